The van der Waals surface area contributed by atoms with Crippen molar-refractivity contribution in [3.05, 3.63) is 12.7 Å². The van der Waals surface area contributed by atoms with Crippen LogP contribution < -0.4 is 0 Å². The second-order valence-electron chi connectivity index (χ2n) is 6.33. The number of Topliss-reactive ketones (excluding diaryl/α,β-unsaturated/α-hetero) is 1. The Labute approximate surface area is 116 Å². The number of rotatable bonds is 5. The van der Waals surface area contributed by atoms with Gasteiger partial charge in [-0.15, -0.1) is 6.58 Å². The van der Waals surface area contributed by atoms with Gasteiger partial charge in [0.2, 0.25) is 0 Å². The first-order valence-electron chi connectivity index (χ1n) is 7.46. The molecule has 0 bridgehead atoms. The molecule has 0 aromatic heterocycles. The van der Waals surface area contributed by atoms with E-state index >= 15 is 0 Å². The zero-order chi connectivity index (χ0) is 13.9. The zero-order valence-corrected chi connectivity index (χ0v) is 12.2. The highest BCUT2D eigenvalue weighted by Crippen LogP contribution is 2.43. The Balaban J connectivity index is 2.02. The van der Waals surface area contributed by atoms with Gasteiger partial charge in [-0.2, -0.15) is 0 Å². The van der Waals surface area contributed by atoms with Crippen LogP contribution in [0, 0.1) is 5.41 Å². The van der Waals surface area contributed by atoms with Gasteiger partial charge in [-0.1, -0.05) is 19.9 Å². The first-order valence-corrected chi connectivity index (χ1v) is 7.46. The van der Waals surface area contributed by atoms with Crippen molar-refractivity contribution in [2.75, 3.05) is 6.61 Å². The molecular weight excluding hydrogens is 240 g/mol. The molecule has 2 fully saturated rings. The van der Waals surface area contributed by atoms with Crippen molar-refractivity contribution in [2.45, 2.75) is 70.7 Å². The fraction of sp³-hybridized carbons (Fsp3) is 0.812. The summed E-state index contributed by atoms with van der Waals surface area (Å²) in [7, 11) is 0. The molecule has 1 aliphatic carbocycles. The number of ether oxygens (including phenoxy) is 2. The van der Waals surface area contributed by atoms with E-state index in [0.29, 0.717) is 13.0 Å². The minimum atomic E-state index is -0.428. The molecule has 1 heterocycles. The Morgan fingerprint density at radius 3 is 2.74 bits per heavy atom. The van der Waals surface area contributed by atoms with Gasteiger partial charge in [0.25, 0.3) is 0 Å². The molecule has 1 spiro atoms. The van der Waals surface area contributed by atoms with Crippen LogP contribution in [-0.4, -0.2) is 24.3 Å². The lowest BCUT2D eigenvalue weighted by molar-refractivity contribution is -0.303. The number of ketones is 1. The topological polar surface area (TPSA) is 35.5 Å². The van der Waals surface area contributed by atoms with Crippen molar-refractivity contribution in [1.82, 2.24) is 0 Å². The van der Waals surface area contributed by atoms with E-state index in [9.17, 15) is 4.79 Å². The first-order chi connectivity index (χ1) is 9.00. The van der Waals surface area contributed by atoms with Gasteiger partial charge in [0, 0.05) is 24.7 Å². The Hall–Kier alpha value is -0.670. The minimum absolute atomic E-state index is 0.0170. The number of carbonyl (C=O) groups excluding carboxylic acids is 1. The van der Waals surface area contributed by atoms with Crippen molar-refractivity contribution in [2.24, 2.45) is 5.41 Å². The molecule has 1 saturated heterocycles. The van der Waals surface area contributed by atoms with Crippen molar-refractivity contribution >= 4 is 5.78 Å². The zero-order valence-electron chi connectivity index (χ0n) is 12.2. The summed E-state index contributed by atoms with van der Waals surface area (Å²) in [6, 6.07) is 0. The average molecular weight is 266 g/mol. The van der Waals surface area contributed by atoms with Crippen LogP contribution in [0.2, 0.25) is 0 Å². The van der Waals surface area contributed by atoms with Crippen molar-refractivity contribution in [3.63, 3.8) is 0 Å². The van der Waals surface area contributed by atoms with Gasteiger partial charge >= 0.3 is 0 Å². The van der Waals surface area contributed by atoms with E-state index in [0.717, 1.165) is 38.5 Å². The molecule has 1 aliphatic heterocycles. The third-order valence-corrected chi connectivity index (χ3v) is 4.57. The third-order valence-electron chi connectivity index (χ3n) is 4.57. The lowest BCUT2D eigenvalue weighted by Crippen LogP contribution is -2.50. The van der Waals surface area contributed by atoms with E-state index < -0.39 is 5.41 Å². The van der Waals surface area contributed by atoms with E-state index in [4.69, 9.17) is 9.47 Å². The van der Waals surface area contributed by atoms with E-state index in [1.807, 2.05) is 13.8 Å². The van der Waals surface area contributed by atoms with Crippen LogP contribution in [0.5, 0.6) is 0 Å². The highest BCUT2D eigenvalue weighted by atomic mass is 16.7. The molecule has 19 heavy (non-hydrogen) atoms. The molecule has 2 aliphatic rings. The number of carbonyl (C=O) groups is 1. The van der Waals surface area contributed by atoms with Crippen molar-refractivity contribution in [1.29, 1.82) is 0 Å². The van der Waals surface area contributed by atoms with Gasteiger partial charge in [-0.05, 0) is 25.7 Å². The Kier molecular flexibility index (Phi) is 4.46. The van der Waals surface area contributed by atoms with E-state index in [1.54, 1.807) is 6.08 Å². The molecule has 3 heteroatoms. The third kappa shape index (κ3) is 3.09. The summed E-state index contributed by atoms with van der Waals surface area (Å²) in [5, 5.41) is 0. The van der Waals surface area contributed by atoms with Gasteiger partial charge in [0.15, 0.2) is 5.79 Å². The molecule has 0 N–H and O–H groups in total. The molecule has 0 unspecified atom stereocenters. The normalized spacial score (nSPS) is 26.5. The van der Waals surface area contributed by atoms with Gasteiger partial charge < -0.3 is 9.47 Å². The number of hydrogen-bond acceptors (Lipinski definition) is 3. The molecule has 3 nitrogen and oxygen atoms in total. The Bertz CT molecular complexity index is 340. The van der Waals surface area contributed by atoms with Crippen LogP contribution in [0.1, 0.15) is 58.8 Å². The Morgan fingerprint density at radius 1 is 1.42 bits per heavy atom. The van der Waals surface area contributed by atoms with E-state index in [1.165, 1.54) is 0 Å². The highest BCUT2D eigenvalue weighted by Gasteiger charge is 2.47. The quantitative estimate of drug-likeness (QED) is 0.713. The maximum atomic E-state index is 12.4. The summed E-state index contributed by atoms with van der Waals surface area (Å²) >= 11 is 0. The number of allylic oxidation sites excluding steroid dienone is 1. The summed E-state index contributed by atoms with van der Waals surface area (Å²) in [6.07, 6.45) is 8.18. The molecular formula is C16H26O3. The van der Waals surface area contributed by atoms with Crippen molar-refractivity contribution in [3.8, 4) is 0 Å². The predicted octanol–water partition coefficient (Wildman–Crippen LogP) is 3.62. The largest absolute Gasteiger partial charge is 0.350 e. The molecule has 0 aromatic carbocycles. The van der Waals surface area contributed by atoms with Crippen LogP contribution in [-0.2, 0) is 14.3 Å². The summed E-state index contributed by atoms with van der Waals surface area (Å²) < 4.78 is 12.1. The monoisotopic (exact) mass is 266 g/mol. The van der Waals surface area contributed by atoms with Crippen LogP contribution in [0.25, 0.3) is 0 Å². The average Bonchev–Trinajstić information content (AvgIpc) is 2.83. The second kappa shape index (κ2) is 5.76. The van der Waals surface area contributed by atoms with Crippen LogP contribution >= 0.6 is 0 Å². The van der Waals surface area contributed by atoms with Gasteiger partial charge in [-0.3, -0.25) is 4.79 Å². The second-order valence-corrected chi connectivity index (χ2v) is 6.33. The lowest BCUT2D eigenvalue weighted by atomic mass is 9.78. The van der Waals surface area contributed by atoms with Crippen molar-refractivity contribution < 1.29 is 14.3 Å². The van der Waals surface area contributed by atoms with Gasteiger partial charge in [-0.25, -0.2) is 0 Å². The molecule has 0 radical (unpaired) electrons. The molecule has 0 amide bonds. The standard InChI is InChI=1S/C16H26O3/c1-4-5-8-13(17)15(2,3)14-9-12-18-16(19-14)10-6-7-11-16/h4,14H,1,5-12H2,2-3H3/t14-/m0/s1. The maximum Gasteiger partial charge on any atom is 0.168 e. The smallest absolute Gasteiger partial charge is 0.168 e. The van der Waals surface area contributed by atoms with Crippen LogP contribution in [0.15, 0.2) is 12.7 Å². The minimum Gasteiger partial charge on any atom is -0.350 e. The highest BCUT2D eigenvalue weighted by molar-refractivity contribution is 5.84. The Morgan fingerprint density at radius 2 is 2.11 bits per heavy atom. The maximum absolute atomic E-state index is 12.4. The molecule has 108 valence electrons. The van der Waals surface area contributed by atoms with Gasteiger partial charge in [0.05, 0.1) is 12.7 Å². The predicted molar refractivity (Wildman–Crippen MR) is 74.9 cm³/mol. The molecule has 1 atom stereocenters. The first kappa shape index (κ1) is 14.7. The van der Waals surface area contributed by atoms with Gasteiger partial charge in [0.1, 0.15) is 5.78 Å². The summed E-state index contributed by atoms with van der Waals surface area (Å²) in [5.74, 6) is -0.119. The van der Waals surface area contributed by atoms with Crippen LogP contribution in [0.3, 0.4) is 0 Å². The van der Waals surface area contributed by atoms with E-state index in [-0.39, 0.29) is 17.7 Å². The fourth-order valence-electron chi connectivity index (χ4n) is 3.12. The van der Waals surface area contributed by atoms with E-state index in [2.05, 4.69) is 6.58 Å². The number of hydrogen-bond donors (Lipinski definition) is 0. The molecule has 0 aromatic rings. The SMILES string of the molecule is C=CCCC(=O)C(C)(C)[C@@H]1CCOC2(CCCC2)O1. The fourth-order valence-corrected chi connectivity index (χ4v) is 3.12. The summed E-state index contributed by atoms with van der Waals surface area (Å²) in [5.41, 5.74) is -0.428. The molecule has 1 saturated carbocycles. The molecule has 2 rings (SSSR count). The summed E-state index contributed by atoms with van der Waals surface area (Å²) in [6.45, 7) is 8.41. The van der Waals surface area contributed by atoms with Crippen LogP contribution in [0.4, 0.5) is 0 Å². The lowest BCUT2D eigenvalue weighted by Gasteiger charge is -2.44. The summed E-state index contributed by atoms with van der Waals surface area (Å²) in [4.78, 5) is 12.4.